The second kappa shape index (κ2) is 6.81. The molecule has 1 fully saturated rings. The molecule has 0 aliphatic carbocycles. The third-order valence-electron chi connectivity index (χ3n) is 4.23. The lowest BCUT2D eigenvalue weighted by atomic mass is 9.81. The molecular weight excluding hydrogens is 280 g/mol. The van der Waals surface area contributed by atoms with Crippen molar-refractivity contribution in [3.63, 3.8) is 0 Å². The van der Waals surface area contributed by atoms with Crippen LogP contribution >= 0.6 is 0 Å². The van der Waals surface area contributed by atoms with E-state index in [1.807, 2.05) is 35.2 Å². The van der Waals surface area contributed by atoms with E-state index in [9.17, 15) is 9.59 Å². The summed E-state index contributed by atoms with van der Waals surface area (Å²) >= 11 is 0. The monoisotopic (exact) mass is 304 g/mol. The maximum absolute atomic E-state index is 12.6. The molecule has 5 nitrogen and oxygen atoms in total. The molecule has 0 unspecified atom stereocenters. The van der Waals surface area contributed by atoms with E-state index < -0.39 is 12.1 Å². The first kappa shape index (κ1) is 16.3. The molecule has 120 valence electrons. The second-order valence-electron chi connectivity index (χ2n) is 6.38. The summed E-state index contributed by atoms with van der Waals surface area (Å²) in [7, 11) is 0. The van der Waals surface area contributed by atoms with Gasteiger partial charge in [-0.1, -0.05) is 44.2 Å². The number of carbonyl (C=O) groups excluding carboxylic acids is 1. The first-order valence-electron chi connectivity index (χ1n) is 7.75. The summed E-state index contributed by atoms with van der Waals surface area (Å²) in [5.41, 5.74) is 1.15. The lowest BCUT2D eigenvalue weighted by Gasteiger charge is -2.43. The zero-order valence-electron chi connectivity index (χ0n) is 13.3. The zero-order chi connectivity index (χ0) is 16.3. The van der Waals surface area contributed by atoms with Crippen molar-refractivity contribution in [1.82, 2.24) is 10.2 Å². The van der Waals surface area contributed by atoms with Gasteiger partial charge in [-0.15, -0.1) is 0 Å². The maximum atomic E-state index is 12.6. The van der Waals surface area contributed by atoms with E-state index in [1.165, 1.54) is 0 Å². The quantitative estimate of drug-likeness (QED) is 0.898. The highest BCUT2D eigenvalue weighted by atomic mass is 16.4. The highest BCUT2D eigenvalue weighted by Gasteiger charge is 2.40. The average molecular weight is 304 g/mol. The van der Waals surface area contributed by atoms with Crippen LogP contribution in [0.2, 0.25) is 0 Å². The van der Waals surface area contributed by atoms with Crippen molar-refractivity contribution in [2.24, 2.45) is 5.92 Å². The van der Waals surface area contributed by atoms with Crippen LogP contribution in [0.3, 0.4) is 0 Å². The molecule has 2 rings (SSSR count). The van der Waals surface area contributed by atoms with Crippen molar-refractivity contribution in [3.05, 3.63) is 35.9 Å². The van der Waals surface area contributed by atoms with Gasteiger partial charge in [-0.25, -0.2) is 4.79 Å². The van der Waals surface area contributed by atoms with Crippen LogP contribution in [-0.2, 0) is 4.79 Å². The Morgan fingerprint density at radius 1 is 1.36 bits per heavy atom. The van der Waals surface area contributed by atoms with Crippen molar-refractivity contribution >= 4 is 12.0 Å². The summed E-state index contributed by atoms with van der Waals surface area (Å²) in [4.78, 5) is 25.4. The van der Waals surface area contributed by atoms with Gasteiger partial charge in [0.25, 0.3) is 0 Å². The van der Waals surface area contributed by atoms with Gasteiger partial charge in [0.1, 0.15) is 6.04 Å². The summed E-state index contributed by atoms with van der Waals surface area (Å²) in [6.07, 6.45) is -0.644. The molecule has 0 spiro atoms. The minimum atomic E-state index is -1.15. The smallest absolute Gasteiger partial charge is 0.405 e. The normalized spacial score (nSPS) is 25.4. The van der Waals surface area contributed by atoms with Gasteiger partial charge in [0.2, 0.25) is 5.91 Å². The Morgan fingerprint density at radius 3 is 2.55 bits per heavy atom. The first-order chi connectivity index (χ1) is 10.4. The van der Waals surface area contributed by atoms with Crippen molar-refractivity contribution in [2.45, 2.75) is 45.2 Å². The number of benzene rings is 1. The van der Waals surface area contributed by atoms with E-state index >= 15 is 0 Å². The molecule has 0 aromatic heterocycles. The standard InChI is InChI=1S/C17H24N2O3/c1-11(2)10-19-12(3)14(13-7-5-4-6-8-13)9-15(16(19)20)18-17(21)22/h4-8,11-12,14-15,18H,9-10H2,1-3H3,(H,21,22)/t12-,14-,15+/m1/s1. The summed E-state index contributed by atoms with van der Waals surface area (Å²) in [6.45, 7) is 6.81. The number of rotatable bonds is 4. The van der Waals surface area contributed by atoms with Gasteiger partial charge in [-0.05, 0) is 24.8 Å². The van der Waals surface area contributed by atoms with Crippen LogP contribution in [0, 0.1) is 5.92 Å². The largest absolute Gasteiger partial charge is 0.465 e. The predicted molar refractivity (Wildman–Crippen MR) is 84.8 cm³/mol. The van der Waals surface area contributed by atoms with Crippen molar-refractivity contribution < 1.29 is 14.7 Å². The molecule has 2 N–H and O–H groups in total. The highest BCUT2D eigenvalue weighted by Crippen LogP contribution is 2.33. The Kier molecular flexibility index (Phi) is 5.06. The Hall–Kier alpha value is -2.04. The van der Waals surface area contributed by atoms with Crippen LogP contribution in [-0.4, -0.2) is 40.6 Å². The van der Waals surface area contributed by atoms with Crippen LogP contribution in [0.4, 0.5) is 4.79 Å². The number of amides is 2. The molecule has 1 saturated heterocycles. The van der Waals surface area contributed by atoms with Gasteiger partial charge in [0.15, 0.2) is 0 Å². The number of carbonyl (C=O) groups is 2. The molecular formula is C17H24N2O3. The SMILES string of the molecule is CC(C)CN1C(=O)[C@@H](NC(=O)O)C[C@@H](c2ccccc2)[C@H]1C. The Balaban J connectivity index is 2.29. The van der Waals surface area contributed by atoms with Crippen molar-refractivity contribution in [2.75, 3.05) is 6.54 Å². The number of likely N-dealkylation sites (tertiary alicyclic amines) is 1. The number of hydrogen-bond donors (Lipinski definition) is 2. The van der Waals surface area contributed by atoms with Gasteiger partial charge >= 0.3 is 6.09 Å². The number of hydrogen-bond acceptors (Lipinski definition) is 2. The Labute approximate surface area is 131 Å². The van der Waals surface area contributed by atoms with Crippen molar-refractivity contribution in [3.8, 4) is 0 Å². The van der Waals surface area contributed by atoms with Crippen LogP contribution in [0.15, 0.2) is 30.3 Å². The Bertz CT molecular complexity index is 530. The molecule has 5 heteroatoms. The molecule has 3 atom stereocenters. The van der Waals surface area contributed by atoms with Crippen LogP contribution in [0.5, 0.6) is 0 Å². The summed E-state index contributed by atoms with van der Waals surface area (Å²) in [6, 6.07) is 9.39. The fourth-order valence-corrected chi connectivity index (χ4v) is 3.20. The summed E-state index contributed by atoms with van der Waals surface area (Å²) < 4.78 is 0. The number of carboxylic acid groups (broad SMARTS) is 1. The lowest BCUT2D eigenvalue weighted by Crippen LogP contribution is -2.58. The fraction of sp³-hybridized carbons (Fsp3) is 0.529. The summed E-state index contributed by atoms with van der Waals surface area (Å²) in [5.74, 6) is 0.358. The third-order valence-corrected chi connectivity index (χ3v) is 4.23. The molecule has 1 heterocycles. The fourth-order valence-electron chi connectivity index (χ4n) is 3.20. The summed E-state index contributed by atoms with van der Waals surface area (Å²) in [5, 5.41) is 11.4. The molecule has 0 radical (unpaired) electrons. The third kappa shape index (κ3) is 3.59. The first-order valence-corrected chi connectivity index (χ1v) is 7.75. The highest BCUT2D eigenvalue weighted by molar-refractivity contribution is 5.86. The number of nitrogens with one attached hydrogen (secondary N) is 1. The minimum absolute atomic E-state index is 0.0594. The van der Waals surface area contributed by atoms with Gasteiger partial charge in [0.05, 0.1) is 0 Å². The van der Waals surface area contributed by atoms with E-state index in [2.05, 4.69) is 26.1 Å². The molecule has 0 bridgehead atoms. The molecule has 1 aromatic carbocycles. The molecule has 1 aliphatic rings. The van der Waals surface area contributed by atoms with Crippen molar-refractivity contribution in [1.29, 1.82) is 0 Å². The van der Waals surface area contributed by atoms with E-state index in [0.29, 0.717) is 18.9 Å². The lowest BCUT2D eigenvalue weighted by molar-refractivity contribution is -0.140. The van der Waals surface area contributed by atoms with Crippen LogP contribution < -0.4 is 5.32 Å². The Morgan fingerprint density at radius 2 is 2.00 bits per heavy atom. The molecule has 0 saturated carbocycles. The molecule has 1 aromatic rings. The van der Waals surface area contributed by atoms with E-state index in [0.717, 1.165) is 5.56 Å². The molecule has 1 aliphatic heterocycles. The topological polar surface area (TPSA) is 69.6 Å². The van der Waals surface area contributed by atoms with Crippen LogP contribution in [0.25, 0.3) is 0 Å². The molecule has 22 heavy (non-hydrogen) atoms. The predicted octanol–water partition coefficient (Wildman–Crippen LogP) is 2.68. The van der Waals surface area contributed by atoms with E-state index in [1.54, 1.807) is 0 Å². The number of piperidine rings is 1. The van der Waals surface area contributed by atoms with Crippen LogP contribution in [0.1, 0.15) is 38.7 Å². The van der Waals surface area contributed by atoms with Gasteiger partial charge in [-0.3, -0.25) is 4.79 Å². The molecule has 2 amide bonds. The number of nitrogens with zero attached hydrogens (tertiary/aromatic N) is 1. The van der Waals surface area contributed by atoms with E-state index in [-0.39, 0.29) is 17.9 Å². The minimum Gasteiger partial charge on any atom is -0.465 e. The van der Waals surface area contributed by atoms with E-state index in [4.69, 9.17) is 5.11 Å². The van der Waals surface area contributed by atoms with Gasteiger partial charge in [0, 0.05) is 18.5 Å². The van der Waals surface area contributed by atoms with Gasteiger partial charge < -0.3 is 15.3 Å². The maximum Gasteiger partial charge on any atom is 0.405 e. The zero-order valence-corrected chi connectivity index (χ0v) is 13.3. The second-order valence-corrected chi connectivity index (χ2v) is 6.38. The van der Waals surface area contributed by atoms with Gasteiger partial charge in [-0.2, -0.15) is 0 Å². The average Bonchev–Trinajstić information content (AvgIpc) is 2.46.